The summed E-state index contributed by atoms with van der Waals surface area (Å²) in [6, 6.07) is 9.16. The number of anilines is 1. The van der Waals surface area contributed by atoms with E-state index in [1.165, 1.54) is 0 Å². The number of benzene rings is 1. The average molecular weight is 249 g/mol. The molecule has 0 saturated carbocycles. The van der Waals surface area contributed by atoms with E-state index < -0.39 is 0 Å². The van der Waals surface area contributed by atoms with E-state index in [1.807, 2.05) is 37.3 Å². The zero-order valence-electron chi connectivity index (χ0n) is 11.4. The van der Waals surface area contributed by atoms with E-state index in [2.05, 4.69) is 24.5 Å². The summed E-state index contributed by atoms with van der Waals surface area (Å²) in [6.45, 7) is 6.63. The van der Waals surface area contributed by atoms with Crippen molar-refractivity contribution in [3.8, 4) is 0 Å². The molecule has 1 atom stereocenters. The minimum absolute atomic E-state index is 0.213. The maximum atomic E-state index is 11.9. The van der Waals surface area contributed by atoms with Crippen LogP contribution in [0.15, 0.2) is 30.3 Å². The molecular formula is C14H23N3O. The Morgan fingerprint density at radius 1 is 1.33 bits per heavy atom. The minimum Gasteiger partial charge on any atom is -0.331 e. The van der Waals surface area contributed by atoms with Crippen molar-refractivity contribution in [2.45, 2.75) is 32.7 Å². The monoisotopic (exact) mass is 249 g/mol. The second-order valence-corrected chi connectivity index (χ2v) is 5.31. The van der Waals surface area contributed by atoms with Gasteiger partial charge in [-0.25, -0.2) is 4.79 Å². The Bertz CT molecular complexity index is 378. The fourth-order valence-electron chi connectivity index (χ4n) is 2.04. The molecule has 0 heterocycles. The molecule has 4 heteroatoms. The molecule has 1 rings (SSSR count). The number of amides is 2. The molecule has 0 radical (unpaired) electrons. The number of nitrogens with one attached hydrogen (secondary N) is 2. The molecule has 0 spiro atoms. The van der Waals surface area contributed by atoms with Gasteiger partial charge < -0.3 is 16.4 Å². The van der Waals surface area contributed by atoms with Crippen molar-refractivity contribution in [2.24, 2.45) is 11.7 Å². The van der Waals surface area contributed by atoms with Crippen molar-refractivity contribution in [1.29, 1.82) is 0 Å². The second kappa shape index (κ2) is 6.40. The summed E-state index contributed by atoms with van der Waals surface area (Å²) in [5, 5.41) is 5.75. The lowest BCUT2D eigenvalue weighted by atomic mass is 9.91. The van der Waals surface area contributed by atoms with Crippen LogP contribution in [0.2, 0.25) is 0 Å². The molecule has 0 bridgehead atoms. The summed E-state index contributed by atoms with van der Waals surface area (Å²) in [5.74, 6) is 0.482. The predicted octanol–water partition coefficient (Wildman–Crippen LogP) is 2.57. The second-order valence-electron chi connectivity index (χ2n) is 5.31. The first-order chi connectivity index (χ1) is 8.45. The summed E-state index contributed by atoms with van der Waals surface area (Å²) < 4.78 is 0. The topological polar surface area (TPSA) is 67.1 Å². The Labute approximate surface area is 109 Å². The number of para-hydroxylation sites is 1. The van der Waals surface area contributed by atoms with Crippen LogP contribution >= 0.6 is 0 Å². The largest absolute Gasteiger partial charge is 0.331 e. The van der Waals surface area contributed by atoms with Gasteiger partial charge in [-0.15, -0.1) is 0 Å². The highest BCUT2D eigenvalue weighted by atomic mass is 16.2. The van der Waals surface area contributed by atoms with Gasteiger partial charge in [-0.3, -0.25) is 0 Å². The maximum Gasteiger partial charge on any atom is 0.319 e. The number of carbonyl (C=O) groups excluding carboxylic acids is 1. The molecule has 1 aromatic rings. The van der Waals surface area contributed by atoms with E-state index in [4.69, 9.17) is 5.73 Å². The Morgan fingerprint density at radius 2 is 1.94 bits per heavy atom. The van der Waals surface area contributed by atoms with Crippen molar-refractivity contribution < 1.29 is 4.79 Å². The Balaban J connectivity index is 2.57. The summed E-state index contributed by atoms with van der Waals surface area (Å²) in [7, 11) is 0. The van der Waals surface area contributed by atoms with Gasteiger partial charge in [-0.05, 0) is 31.4 Å². The van der Waals surface area contributed by atoms with Crippen LogP contribution in [0.1, 0.15) is 27.2 Å². The lowest BCUT2D eigenvalue weighted by Gasteiger charge is -2.31. The quantitative estimate of drug-likeness (QED) is 0.750. The van der Waals surface area contributed by atoms with Gasteiger partial charge in [-0.1, -0.05) is 32.0 Å². The van der Waals surface area contributed by atoms with Crippen molar-refractivity contribution in [3.63, 3.8) is 0 Å². The van der Waals surface area contributed by atoms with Gasteiger partial charge in [0.25, 0.3) is 0 Å². The standard InChI is InChI=1S/C14H23N3O/c1-11(2)9-14(3,10-15)17-13(18)16-12-7-5-4-6-8-12/h4-8,11H,9-10,15H2,1-3H3,(H2,16,17,18). The third-order valence-electron chi connectivity index (χ3n) is 2.76. The fourth-order valence-corrected chi connectivity index (χ4v) is 2.04. The van der Waals surface area contributed by atoms with Gasteiger partial charge in [0, 0.05) is 12.2 Å². The maximum absolute atomic E-state index is 11.9. The molecule has 4 N–H and O–H groups in total. The smallest absolute Gasteiger partial charge is 0.319 e. The Hall–Kier alpha value is -1.55. The van der Waals surface area contributed by atoms with Crippen LogP contribution in [0, 0.1) is 5.92 Å². The molecule has 0 saturated heterocycles. The number of carbonyl (C=O) groups is 1. The lowest BCUT2D eigenvalue weighted by Crippen LogP contribution is -2.53. The average Bonchev–Trinajstić information content (AvgIpc) is 2.28. The van der Waals surface area contributed by atoms with E-state index in [-0.39, 0.29) is 11.6 Å². The number of hydrogen-bond donors (Lipinski definition) is 3. The van der Waals surface area contributed by atoms with Crippen molar-refractivity contribution in [3.05, 3.63) is 30.3 Å². The first-order valence-electron chi connectivity index (χ1n) is 6.29. The predicted molar refractivity (Wildman–Crippen MR) is 75.5 cm³/mol. The Kier molecular flexibility index (Phi) is 5.16. The third-order valence-corrected chi connectivity index (χ3v) is 2.76. The summed E-state index contributed by atoms with van der Waals surface area (Å²) in [5.41, 5.74) is 6.16. The molecule has 0 aliphatic heterocycles. The number of hydrogen-bond acceptors (Lipinski definition) is 2. The van der Waals surface area contributed by atoms with Gasteiger partial charge in [0.05, 0.1) is 5.54 Å². The zero-order chi connectivity index (χ0) is 13.6. The van der Waals surface area contributed by atoms with Gasteiger partial charge in [0.15, 0.2) is 0 Å². The van der Waals surface area contributed by atoms with Crippen LogP contribution in [0.4, 0.5) is 10.5 Å². The van der Waals surface area contributed by atoms with Crippen LogP contribution in [-0.2, 0) is 0 Å². The van der Waals surface area contributed by atoms with Crippen LogP contribution in [0.5, 0.6) is 0 Å². The van der Waals surface area contributed by atoms with E-state index in [0.717, 1.165) is 12.1 Å². The molecule has 0 aliphatic carbocycles. The van der Waals surface area contributed by atoms with Crippen molar-refractivity contribution in [1.82, 2.24) is 5.32 Å². The zero-order valence-corrected chi connectivity index (χ0v) is 11.4. The van der Waals surface area contributed by atoms with Gasteiger partial charge in [0.1, 0.15) is 0 Å². The molecule has 0 aromatic heterocycles. The highest BCUT2D eigenvalue weighted by molar-refractivity contribution is 5.89. The SMILES string of the molecule is CC(C)CC(C)(CN)NC(=O)Nc1ccccc1. The molecule has 4 nitrogen and oxygen atoms in total. The molecule has 0 aliphatic rings. The van der Waals surface area contributed by atoms with E-state index in [0.29, 0.717) is 12.5 Å². The fraction of sp³-hybridized carbons (Fsp3) is 0.500. The highest BCUT2D eigenvalue weighted by Crippen LogP contribution is 2.15. The number of rotatable bonds is 5. The highest BCUT2D eigenvalue weighted by Gasteiger charge is 2.25. The molecular weight excluding hydrogens is 226 g/mol. The molecule has 1 unspecified atom stereocenters. The van der Waals surface area contributed by atoms with E-state index in [1.54, 1.807) is 0 Å². The Morgan fingerprint density at radius 3 is 2.44 bits per heavy atom. The van der Waals surface area contributed by atoms with Gasteiger partial charge >= 0.3 is 6.03 Å². The van der Waals surface area contributed by atoms with Crippen molar-refractivity contribution >= 4 is 11.7 Å². The van der Waals surface area contributed by atoms with E-state index in [9.17, 15) is 4.79 Å². The third kappa shape index (κ3) is 4.75. The van der Waals surface area contributed by atoms with E-state index >= 15 is 0 Å². The number of nitrogens with two attached hydrogens (primary N) is 1. The van der Waals surface area contributed by atoms with Crippen molar-refractivity contribution in [2.75, 3.05) is 11.9 Å². The first-order valence-corrected chi connectivity index (χ1v) is 6.29. The van der Waals surface area contributed by atoms with Crippen LogP contribution in [0.3, 0.4) is 0 Å². The van der Waals surface area contributed by atoms with Crippen LogP contribution in [-0.4, -0.2) is 18.1 Å². The molecule has 2 amide bonds. The molecule has 18 heavy (non-hydrogen) atoms. The summed E-state index contributed by atoms with van der Waals surface area (Å²) in [4.78, 5) is 11.9. The van der Waals surface area contributed by atoms with Crippen LogP contribution in [0.25, 0.3) is 0 Å². The minimum atomic E-state index is -0.368. The summed E-state index contributed by atoms with van der Waals surface area (Å²) >= 11 is 0. The molecule has 1 aromatic carbocycles. The molecule has 100 valence electrons. The molecule has 0 fully saturated rings. The van der Waals surface area contributed by atoms with Crippen LogP contribution < -0.4 is 16.4 Å². The van der Waals surface area contributed by atoms with Gasteiger partial charge in [-0.2, -0.15) is 0 Å². The van der Waals surface area contributed by atoms with Gasteiger partial charge in [0.2, 0.25) is 0 Å². The summed E-state index contributed by atoms with van der Waals surface area (Å²) in [6.07, 6.45) is 0.853. The lowest BCUT2D eigenvalue weighted by molar-refractivity contribution is 0.233. The normalized spacial score (nSPS) is 14.1. The number of urea groups is 1. The first kappa shape index (κ1) is 14.5.